The van der Waals surface area contributed by atoms with Crippen molar-refractivity contribution in [2.75, 3.05) is 0 Å². The molecule has 1 atom stereocenters. The fraction of sp³-hybridized carbons (Fsp3) is 0.556. The van der Waals surface area contributed by atoms with E-state index in [1.807, 2.05) is 19.2 Å². The Balaban J connectivity index is 2.51. The molecule has 1 aromatic rings. The number of carbonyl (C=O) groups excluding carboxylic acids is 1. The van der Waals surface area contributed by atoms with Gasteiger partial charge in [0, 0.05) is 11.6 Å². The molecule has 1 N–H and O–H groups in total. The van der Waals surface area contributed by atoms with E-state index in [0.717, 1.165) is 5.01 Å². The van der Waals surface area contributed by atoms with E-state index in [-0.39, 0.29) is 18.1 Å². The topological polar surface area (TPSA) is 50.2 Å². The SMILES string of the molecule is CC(C)C(O)C(=O)Cc1nccs1. The van der Waals surface area contributed by atoms with Crippen molar-refractivity contribution in [3.8, 4) is 0 Å². The van der Waals surface area contributed by atoms with Gasteiger partial charge < -0.3 is 5.11 Å². The van der Waals surface area contributed by atoms with Gasteiger partial charge in [-0.15, -0.1) is 11.3 Å². The van der Waals surface area contributed by atoms with Crippen molar-refractivity contribution >= 4 is 17.1 Å². The summed E-state index contributed by atoms with van der Waals surface area (Å²) in [6.07, 6.45) is 1.05. The largest absolute Gasteiger partial charge is 0.385 e. The Labute approximate surface area is 81.4 Å². The van der Waals surface area contributed by atoms with E-state index in [1.54, 1.807) is 6.20 Å². The summed E-state index contributed by atoms with van der Waals surface area (Å²) in [5.74, 6) is -0.169. The van der Waals surface area contributed by atoms with E-state index in [1.165, 1.54) is 11.3 Å². The van der Waals surface area contributed by atoms with Crippen molar-refractivity contribution in [3.63, 3.8) is 0 Å². The molecule has 0 aliphatic rings. The van der Waals surface area contributed by atoms with Gasteiger partial charge in [-0.05, 0) is 5.92 Å². The molecule has 0 amide bonds. The number of ketones is 1. The minimum absolute atomic E-state index is 0.0209. The second kappa shape index (κ2) is 4.48. The normalized spacial score (nSPS) is 13.2. The summed E-state index contributed by atoms with van der Waals surface area (Å²) in [7, 11) is 0. The molecular formula is C9H13NO2S. The molecule has 3 nitrogen and oxygen atoms in total. The molecule has 72 valence electrons. The Kier molecular flexibility index (Phi) is 3.57. The Bertz CT molecular complexity index is 269. The third-order valence-corrected chi connectivity index (χ3v) is 2.55. The Morgan fingerprint density at radius 3 is 2.85 bits per heavy atom. The zero-order valence-corrected chi connectivity index (χ0v) is 8.54. The van der Waals surface area contributed by atoms with Crippen LogP contribution in [0, 0.1) is 5.92 Å². The van der Waals surface area contributed by atoms with E-state index < -0.39 is 6.10 Å². The first-order valence-electron chi connectivity index (χ1n) is 4.20. The molecule has 0 saturated heterocycles. The van der Waals surface area contributed by atoms with Gasteiger partial charge in [-0.1, -0.05) is 13.8 Å². The van der Waals surface area contributed by atoms with Crippen LogP contribution in [0.5, 0.6) is 0 Å². The molecule has 0 aliphatic heterocycles. The number of aliphatic hydroxyl groups is 1. The quantitative estimate of drug-likeness (QED) is 0.794. The highest BCUT2D eigenvalue weighted by molar-refractivity contribution is 7.09. The zero-order chi connectivity index (χ0) is 9.84. The van der Waals surface area contributed by atoms with Gasteiger partial charge in [0.25, 0.3) is 0 Å². The van der Waals surface area contributed by atoms with E-state index in [4.69, 9.17) is 0 Å². The third kappa shape index (κ3) is 2.90. The van der Waals surface area contributed by atoms with Gasteiger partial charge in [0.05, 0.1) is 11.4 Å². The van der Waals surface area contributed by atoms with Crippen LogP contribution in [0.2, 0.25) is 0 Å². The average Bonchev–Trinajstić information content (AvgIpc) is 2.55. The number of aliphatic hydroxyl groups excluding tert-OH is 1. The van der Waals surface area contributed by atoms with Crippen molar-refractivity contribution in [2.24, 2.45) is 5.92 Å². The summed E-state index contributed by atoms with van der Waals surface area (Å²) in [5.41, 5.74) is 0. The van der Waals surface area contributed by atoms with E-state index in [0.29, 0.717) is 0 Å². The Morgan fingerprint density at radius 1 is 1.69 bits per heavy atom. The number of nitrogens with zero attached hydrogens (tertiary/aromatic N) is 1. The highest BCUT2D eigenvalue weighted by Gasteiger charge is 2.19. The standard InChI is InChI=1S/C9H13NO2S/c1-6(2)9(12)7(11)5-8-10-3-4-13-8/h3-4,6,9,12H,5H2,1-2H3. The highest BCUT2D eigenvalue weighted by Crippen LogP contribution is 2.09. The maximum Gasteiger partial charge on any atom is 0.168 e. The van der Waals surface area contributed by atoms with Gasteiger partial charge in [-0.25, -0.2) is 4.98 Å². The van der Waals surface area contributed by atoms with E-state index in [2.05, 4.69) is 4.98 Å². The summed E-state index contributed by atoms with van der Waals surface area (Å²) < 4.78 is 0. The fourth-order valence-electron chi connectivity index (χ4n) is 0.966. The first-order chi connectivity index (χ1) is 6.11. The Hall–Kier alpha value is -0.740. The van der Waals surface area contributed by atoms with Gasteiger partial charge in [-0.3, -0.25) is 4.79 Å². The van der Waals surface area contributed by atoms with Crippen molar-refractivity contribution in [3.05, 3.63) is 16.6 Å². The number of hydrogen-bond acceptors (Lipinski definition) is 4. The van der Waals surface area contributed by atoms with Crippen LogP contribution in [0.25, 0.3) is 0 Å². The fourth-order valence-corrected chi connectivity index (χ4v) is 1.59. The van der Waals surface area contributed by atoms with Crippen LogP contribution in [0.3, 0.4) is 0 Å². The van der Waals surface area contributed by atoms with Crippen LogP contribution >= 0.6 is 11.3 Å². The van der Waals surface area contributed by atoms with E-state index in [9.17, 15) is 9.90 Å². The number of hydrogen-bond donors (Lipinski definition) is 1. The maximum atomic E-state index is 11.4. The van der Waals surface area contributed by atoms with Crippen LogP contribution < -0.4 is 0 Å². The van der Waals surface area contributed by atoms with Crippen LogP contribution in [-0.2, 0) is 11.2 Å². The highest BCUT2D eigenvalue weighted by atomic mass is 32.1. The van der Waals surface area contributed by atoms with Gasteiger partial charge in [-0.2, -0.15) is 0 Å². The van der Waals surface area contributed by atoms with Crippen LogP contribution in [0.15, 0.2) is 11.6 Å². The Morgan fingerprint density at radius 2 is 2.38 bits per heavy atom. The molecule has 0 aliphatic carbocycles. The number of aromatic nitrogens is 1. The minimum Gasteiger partial charge on any atom is -0.385 e. The summed E-state index contributed by atoms with van der Waals surface area (Å²) >= 11 is 1.44. The molecule has 1 heterocycles. The summed E-state index contributed by atoms with van der Waals surface area (Å²) in [4.78, 5) is 15.4. The monoisotopic (exact) mass is 199 g/mol. The molecule has 1 rings (SSSR count). The third-order valence-electron chi connectivity index (χ3n) is 1.77. The minimum atomic E-state index is -0.858. The maximum absolute atomic E-state index is 11.4. The number of carbonyl (C=O) groups is 1. The van der Waals surface area contributed by atoms with Gasteiger partial charge in [0.2, 0.25) is 0 Å². The molecule has 0 radical (unpaired) electrons. The van der Waals surface area contributed by atoms with Gasteiger partial charge >= 0.3 is 0 Å². The molecule has 0 bridgehead atoms. The molecule has 4 heteroatoms. The number of Topliss-reactive ketones (excluding diaryl/α,β-unsaturated/α-hetero) is 1. The average molecular weight is 199 g/mol. The van der Waals surface area contributed by atoms with E-state index >= 15 is 0 Å². The lowest BCUT2D eigenvalue weighted by Crippen LogP contribution is -2.27. The zero-order valence-electron chi connectivity index (χ0n) is 7.73. The first kappa shape index (κ1) is 10.3. The molecule has 0 fully saturated rings. The summed E-state index contributed by atoms with van der Waals surface area (Å²) in [6, 6.07) is 0. The van der Waals surface area contributed by atoms with Gasteiger partial charge in [0.1, 0.15) is 6.10 Å². The predicted octanol–water partition coefficient (Wildman–Crippen LogP) is 1.27. The second-order valence-corrected chi connectivity index (χ2v) is 4.24. The molecule has 1 aromatic heterocycles. The molecule has 0 spiro atoms. The predicted molar refractivity (Wildman–Crippen MR) is 51.7 cm³/mol. The molecular weight excluding hydrogens is 186 g/mol. The molecule has 0 aromatic carbocycles. The lowest BCUT2D eigenvalue weighted by molar-refractivity contribution is -0.128. The smallest absolute Gasteiger partial charge is 0.168 e. The molecule has 13 heavy (non-hydrogen) atoms. The van der Waals surface area contributed by atoms with Crippen LogP contribution in [0.4, 0.5) is 0 Å². The summed E-state index contributed by atoms with van der Waals surface area (Å²) in [5, 5.41) is 12.0. The lowest BCUT2D eigenvalue weighted by atomic mass is 10.0. The number of rotatable bonds is 4. The van der Waals surface area contributed by atoms with Crippen molar-refractivity contribution in [1.82, 2.24) is 4.98 Å². The molecule has 0 saturated carbocycles. The van der Waals surface area contributed by atoms with Gasteiger partial charge in [0.15, 0.2) is 5.78 Å². The number of thiazole rings is 1. The molecule has 1 unspecified atom stereocenters. The van der Waals surface area contributed by atoms with Crippen molar-refractivity contribution in [2.45, 2.75) is 26.4 Å². The lowest BCUT2D eigenvalue weighted by Gasteiger charge is -2.11. The first-order valence-corrected chi connectivity index (χ1v) is 5.08. The second-order valence-electron chi connectivity index (χ2n) is 3.26. The van der Waals surface area contributed by atoms with Crippen molar-refractivity contribution in [1.29, 1.82) is 0 Å². The van der Waals surface area contributed by atoms with Crippen LogP contribution in [0.1, 0.15) is 18.9 Å². The van der Waals surface area contributed by atoms with Crippen LogP contribution in [-0.4, -0.2) is 22.0 Å². The summed E-state index contributed by atoms with van der Waals surface area (Å²) in [6.45, 7) is 3.65. The van der Waals surface area contributed by atoms with Crippen molar-refractivity contribution < 1.29 is 9.90 Å².